The second-order valence-corrected chi connectivity index (χ2v) is 7.22. The van der Waals surface area contributed by atoms with Crippen molar-refractivity contribution in [2.45, 2.75) is 18.8 Å². The summed E-state index contributed by atoms with van der Waals surface area (Å²) in [4.78, 5) is 14.8. The van der Waals surface area contributed by atoms with Gasteiger partial charge < -0.3 is 4.90 Å². The number of piperidine rings is 1. The molecule has 0 radical (unpaired) electrons. The summed E-state index contributed by atoms with van der Waals surface area (Å²) in [7, 11) is 0. The maximum Gasteiger partial charge on any atom is 0.254 e. The lowest BCUT2D eigenvalue weighted by atomic mass is 9.96. The molecule has 6 heteroatoms. The minimum absolute atomic E-state index is 0.110. The summed E-state index contributed by atoms with van der Waals surface area (Å²) in [6.07, 6.45) is 4.01. The molecule has 3 aromatic rings. The zero-order chi connectivity index (χ0) is 16.5. The van der Waals surface area contributed by atoms with Crippen LogP contribution in [0.25, 0.3) is 5.65 Å². The predicted octanol–water partition coefficient (Wildman–Crippen LogP) is 3.35. The van der Waals surface area contributed by atoms with E-state index in [1.807, 2.05) is 58.0 Å². The molecule has 1 amide bonds. The number of carbonyl (C=O) groups excluding carboxylic acids is 1. The number of benzene rings is 1. The van der Waals surface area contributed by atoms with Gasteiger partial charge in [0.2, 0.25) is 0 Å². The summed E-state index contributed by atoms with van der Waals surface area (Å²) in [6, 6.07) is 13.7. The Balaban J connectivity index is 1.60. The van der Waals surface area contributed by atoms with Gasteiger partial charge in [0.1, 0.15) is 5.82 Å². The Labute approximate surface area is 153 Å². The van der Waals surface area contributed by atoms with E-state index in [-0.39, 0.29) is 11.8 Å². The Morgan fingerprint density at radius 2 is 1.96 bits per heavy atom. The fourth-order valence-corrected chi connectivity index (χ4v) is 3.93. The first kappa shape index (κ1) is 15.6. The highest BCUT2D eigenvalue weighted by Crippen LogP contribution is 2.27. The van der Waals surface area contributed by atoms with Gasteiger partial charge in [-0.3, -0.25) is 9.20 Å². The third-order valence-electron chi connectivity index (χ3n) is 4.52. The molecule has 1 saturated heterocycles. The van der Waals surface area contributed by atoms with E-state index in [9.17, 15) is 4.79 Å². The van der Waals surface area contributed by atoms with Crippen molar-refractivity contribution in [2.75, 3.05) is 13.1 Å². The summed E-state index contributed by atoms with van der Waals surface area (Å²) in [6.45, 7) is 1.50. The highest BCUT2D eigenvalue weighted by Gasteiger charge is 2.28. The van der Waals surface area contributed by atoms with Crippen LogP contribution in [-0.2, 0) is 0 Å². The molecule has 0 unspecified atom stereocenters. The predicted molar refractivity (Wildman–Crippen MR) is 100 cm³/mol. The third-order valence-corrected chi connectivity index (χ3v) is 5.46. The molecular weight excluding hydrogens is 415 g/mol. The number of pyridine rings is 1. The molecule has 1 atom stereocenters. The molecule has 1 fully saturated rings. The topological polar surface area (TPSA) is 50.5 Å². The third kappa shape index (κ3) is 2.79. The molecule has 5 nitrogen and oxygen atoms in total. The fourth-order valence-electron chi connectivity index (χ4n) is 3.32. The van der Waals surface area contributed by atoms with Gasteiger partial charge in [-0.25, -0.2) is 0 Å². The number of aromatic nitrogens is 3. The molecule has 0 aliphatic carbocycles. The van der Waals surface area contributed by atoms with E-state index in [4.69, 9.17) is 0 Å². The van der Waals surface area contributed by atoms with Gasteiger partial charge in [-0.2, -0.15) is 0 Å². The molecule has 1 aromatic carbocycles. The molecule has 0 spiro atoms. The molecular formula is C18H17IN4O. The first-order valence-electron chi connectivity index (χ1n) is 8.07. The zero-order valence-electron chi connectivity index (χ0n) is 13.1. The summed E-state index contributed by atoms with van der Waals surface area (Å²) < 4.78 is 3.03. The Morgan fingerprint density at radius 3 is 2.83 bits per heavy atom. The van der Waals surface area contributed by atoms with Crippen LogP contribution in [0.15, 0.2) is 48.7 Å². The van der Waals surface area contributed by atoms with Crippen LogP contribution in [0.2, 0.25) is 0 Å². The lowest BCUT2D eigenvalue weighted by Gasteiger charge is -2.32. The van der Waals surface area contributed by atoms with Gasteiger partial charge >= 0.3 is 0 Å². The van der Waals surface area contributed by atoms with Crippen LogP contribution >= 0.6 is 22.6 Å². The van der Waals surface area contributed by atoms with Gasteiger partial charge in [0.05, 0.1) is 5.56 Å². The summed E-state index contributed by atoms with van der Waals surface area (Å²) in [5, 5.41) is 8.62. The van der Waals surface area contributed by atoms with Crippen LogP contribution < -0.4 is 0 Å². The van der Waals surface area contributed by atoms with Crippen molar-refractivity contribution in [3.8, 4) is 0 Å². The van der Waals surface area contributed by atoms with Gasteiger partial charge in [-0.15, -0.1) is 10.2 Å². The average Bonchev–Trinajstić information content (AvgIpc) is 3.06. The average molecular weight is 432 g/mol. The molecule has 4 rings (SSSR count). The second-order valence-electron chi connectivity index (χ2n) is 6.06. The van der Waals surface area contributed by atoms with Crippen LogP contribution in [0.5, 0.6) is 0 Å². The molecule has 24 heavy (non-hydrogen) atoms. The maximum absolute atomic E-state index is 12.9. The van der Waals surface area contributed by atoms with Crippen LogP contribution in [0.3, 0.4) is 0 Å². The minimum atomic E-state index is 0.110. The van der Waals surface area contributed by atoms with Gasteiger partial charge in [0.15, 0.2) is 5.65 Å². The van der Waals surface area contributed by atoms with Crippen LogP contribution in [-0.4, -0.2) is 38.5 Å². The van der Waals surface area contributed by atoms with E-state index in [0.717, 1.165) is 40.0 Å². The number of likely N-dealkylation sites (tertiary alicyclic amines) is 1. The molecule has 2 aromatic heterocycles. The molecule has 0 N–H and O–H groups in total. The second kappa shape index (κ2) is 6.51. The summed E-state index contributed by atoms with van der Waals surface area (Å²) in [5.41, 5.74) is 1.64. The van der Waals surface area contributed by atoms with Crippen molar-refractivity contribution in [1.82, 2.24) is 19.5 Å². The van der Waals surface area contributed by atoms with Crippen LogP contribution in [0, 0.1) is 3.57 Å². The first-order valence-corrected chi connectivity index (χ1v) is 9.15. The normalized spacial score (nSPS) is 18.0. The monoisotopic (exact) mass is 432 g/mol. The fraction of sp³-hybridized carbons (Fsp3) is 0.278. The van der Waals surface area contributed by atoms with E-state index >= 15 is 0 Å². The molecule has 0 saturated carbocycles. The molecule has 1 aliphatic rings. The van der Waals surface area contributed by atoms with E-state index in [0.29, 0.717) is 6.54 Å². The number of hydrogen-bond acceptors (Lipinski definition) is 3. The molecule has 122 valence electrons. The first-order chi connectivity index (χ1) is 11.7. The van der Waals surface area contributed by atoms with E-state index < -0.39 is 0 Å². The lowest BCUT2D eigenvalue weighted by molar-refractivity contribution is 0.0703. The Hall–Kier alpha value is -1.96. The minimum Gasteiger partial charge on any atom is -0.338 e. The zero-order valence-corrected chi connectivity index (χ0v) is 15.3. The highest BCUT2D eigenvalue weighted by atomic mass is 127. The number of hydrogen-bond donors (Lipinski definition) is 0. The van der Waals surface area contributed by atoms with Crippen molar-refractivity contribution in [2.24, 2.45) is 0 Å². The Kier molecular flexibility index (Phi) is 4.22. The quantitative estimate of drug-likeness (QED) is 0.584. The van der Waals surface area contributed by atoms with Crippen molar-refractivity contribution in [1.29, 1.82) is 0 Å². The van der Waals surface area contributed by atoms with E-state index in [2.05, 4.69) is 32.8 Å². The number of halogens is 1. The van der Waals surface area contributed by atoms with Crippen molar-refractivity contribution in [3.05, 3.63) is 63.6 Å². The van der Waals surface area contributed by atoms with E-state index in [1.54, 1.807) is 0 Å². The van der Waals surface area contributed by atoms with Crippen LogP contribution in [0.1, 0.15) is 34.9 Å². The largest absolute Gasteiger partial charge is 0.338 e. The SMILES string of the molecule is O=C(c1ccccc1I)N1CCC[C@@H](c2nnc3ccccn23)C1. The summed E-state index contributed by atoms with van der Waals surface area (Å²) >= 11 is 2.23. The van der Waals surface area contributed by atoms with Gasteiger partial charge in [-0.05, 0) is 59.7 Å². The van der Waals surface area contributed by atoms with Crippen LogP contribution in [0.4, 0.5) is 0 Å². The highest BCUT2D eigenvalue weighted by molar-refractivity contribution is 14.1. The Bertz CT molecular complexity index is 891. The number of amides is 1. The standard InChI is InChI=1S/C18H17IN4O/c19-15-8-2-1-7-14(15)18(24)22-10-5-6-13(12-22)17-21-20-16-9-3-4-11-23(16)17/h1-4,7-9,11,13H,5-6,10,12H2/t13-/m1/s1. The number of rotatable bonds is 2. The number of nitrogens with zero attached hydrogens (tertiary/aromatic N) is 4. The maximum atomic E-state index is 12.9. The van der Waals surface area contributed by atoms with Gasteiger partial charge in [0.25, 0.3) is 5.91 Å². The van der Waals surface area contributed by atoms with Crippen molar-refractivity contribution < 1.29 is 4.79 Å². The van der Waals surface area contributed by atoms with Gasteiger partial charge in [0, 0.05) is 28.8 Å². The molecule has 0 bridgehead atoms. The molecule has 1 aliphatic heterocycles. The van der Waals surface area contributed by atoms with Crippen molar-refractivity contribution >= 4 is 34.1 Å². The van der Waals surface area contributed by atoms with E-state index in [1.165, 1.54) is 0 Å². The smallest absolute Gasteiger partial charge is 0.254 e. The molecule has 3 heterocycles. The summed E-state index contributed by atoms with van der Waals surface area (Å²) in [5.74, 6) is 1.28. The van der Waals surface area contributed by atoms with Gasteiger partial charge in [-0.1, -0.05) is 18.2 Å². The Morgan fingerprint density at radius 1 is 1.12 bits per heavy atom. The number of carbonyl (C=O) groups is 1. The number of fused-ring (bicyclic) bond motifs is 1. The lowest BCUT2D eigenvalue weighted by Crippen LogP contribution is -2.39. The van der Waals surface area contributed by atoms with Crippen molar-refractivity contribution in [3.63, 3.8) is 0 Å².